The number of halogens is 1. The molecule has 0 saturated carbocycles. The van der Waals surface area contributed by atoms with Gasteiger partial charge in [0.1, 0.15) is 5.82 Å². The summed E-state index contributed by atoms with van der Waals surface area (Å²) in [6.45, 7) is 1.91. The van der Waals surface area contributed by atoms with Crippen molar-refractivity contribution in [2.24, 2.45) is 0 Å². The zero-order valence-electron chi connectivity index (χ0n) is 11.2. The average molecular weight is 294 g/mol. The highest BCUT2D eigenvalue weighted by Crippen LogP contribution is 2.24. The molecular weight excluding hydrogens is 279 g/mol. The summed E-state index contributed by atoms with van der Waals surface area (Å²) in [6, 6.07) is 10.3. The van der Waals surface area contributed by atoms with Crippen molar-refractivity contribution < 1.29 is 12.8 Å². The van der Waals surface area contributed by atoms with Gasteiger partial charge in [-0.2, -0.15) is 0 Å². The van der Waals surface area contributed by atoms with E-state index in [1.807, 2.05) is 6.92 Å². The Balaban J connectivity index is 2.46. The predicted octanol–water partition coefficient (Wildman–Crippen LogP) is 2.54. The van der Waals surface area contributed by atoms with Gasteiger partial charge in [-0.05, 0) is 37.3 Å². The van der Waals surface area contributed by atoms with Crippen LogP contribution in [0, 0.1) is 12.7 Å². The SMILES string of the molecule is Cc1ccc(N(C)S(=O)(=O)c2cc(N)cc(F)c2)cc1. The Morgan fingerprint density at radius 1 is 1.10 bits per heavy atom. The molecule has 0 aliphatic carbocycles. The summed E-state index contributed by atoms with van der Waals surface area (Å²) in [4.78, 5) is -0.168. The summed E-state index contributed by atoms with van der Waals surface area (Å²) in [5.74, 6) is -0.680. The van der Waals surface area contributed by atoms with Crippen molar-refractivity contribution in [2.75, 3.05) is 17.1 Å². The third-order valence-electron chi connectivity index (χ3n) is 2.95. The van der Waals surface area contributed by atoms with Gasteiger partial charge in [-0.3, -0.25) is 4.31 Å². The monoisotopic (exact) mass is 294 g/mol. The van der Waals surface area contributed by atoms with E-state index < -0.39 is 15.8 Å². The lowest BCUT2D eigenvalue weighted by Crippen LogP contribution is -2.26. The highest BCUT2D eigenvalue weighted by molar-refractivity contribution is 7.92. The van der Waals surface area contributed by atoms with Crippen LogP contribution in [0.25, 0.3) is 0 Å². The lowest BCUT2D eigenvalue weighted by atomic mass is 10.2. The molecule has 6 heteroatoms. The zero-order chi connectivity index (χ0) is 14.9. The zero-order valence-corrected chi connectivity index (χ0v) is 12.0. The Labute approximate surface area is 117 Å². The summed E-state index contributed by atoms with van der Waals surface area (Å²) in [5, 5.41) is 0. The number of nitrogens with two attached hydrogens (primary N) is 1. The van der Waals surface area contributed by atoms with Gasteiger partial charge in [-0.1, -0.05) is 17.7 Å². The fourth-order valence-corrected chi connectivity index (χ4v) is 3.05. The molecule has 2 aromatic rings. The second-order valence-electron chi connectivity index (χ2n) is 4.53. The quantitative estimate of drug-likeness (QED) is 0.885. The minimum absolute atomic E-state index is 0.0703. The number of hydrogen-bond donors (Lipinski definition) is 1. The van der Waals surface area contributed by atoms with Gasteiger partial charge in [0.25, 0.3) is 10.0 Å². The first-order valence-corrected chi connectivity index (χ1v) is 7.36. The first-order valence-electron chi connectivity index (χ1n) is 5.92. The lowest BCUT2D eigenvalue weighted by molar-refractivity contribution is 0.589. The maximum Gasteiger partial charge on any atom is 0.264 e. The number of aryl methyl sites for hydroxylation is 1. The normalized spacial score (nSPS) is 11.3. The number of sulfonamides is 1. The minimum atomic E-state index is -3.84. The predicted molar refractivity (Wildman–Crippen MR) is 77.6 cm³/mol. The Morgan fingerprint density at radius 2 is 1.70 bits per heavy atom. The minimum Gasteiger partial charge on any atom is -0.399 e. The largest absolute Gasteiger partial charge is 0.399 e. The summed E-state index contributed by atoms with van der Waals surface area (Å²) in [5.41, 5.74) is 7.08. The first-order chi connectivity index (χ1) is 9.30. The maximum absolute atomic E-state index is 13.3. The number of anilines is 2. The molecule has 0 saturated heterocycles. The molecule has 0 fully saturated rings. The van der Waals surface area contributed by atoms with Crippen LogP contribution in [-0.4, -0.2) is 15.5 Å². The topological polar surface area (TPSA) is 63.4 Å². The van der Waals surface area contributed by atoms with Crippen molar-refractivity contribution >= 4 is 21.4 Å². The van der Waals surface area contributed by atoms with Crippen molar-refractivity contribution in [3.8, 4) is 0 Å². The van der Waals surface area contributed by atoms with Crippen molar-refractivity contribution in [2.45, 2.75) is 11.8 Å². The van der Waals surface area contributed by atoms with E-state index in [1.165, 1.54) is 13.1 Å². The number of nitrogens with zero attached hydrogens (tertiary/aromatic N) is 1. The lowest BCUT2D eigenvalue weighted by Gasteiger charge is -2.20. The van der Waals surface area contributed by atoms with E-state index in [0.29, 0.717) is 5.69 Å². The van der Waals surface area contributed by atoms with Gasteiger partial charge in [0.05, 0.1) is 10.6 Å². The molecule has 0 heterocycles. The Kier molecular flexibility index (Phi) is 3.67. The summed E-state index contributed by atoms with van der Waals surface area (Å²) < 4.78 is 39.3. The molecule has 20 heavy (non-hydrogen) atoms. The van der Waals surface area contributed by atoms with E-state index in [-0.39, 0.29) is 10.6 Å². The molecule has 0 aliphatic rings. The van der Waals surface area contributed by atoms with Crippen LogP contribution >= 0.6 is 0 Å². The fraction of sp³-hybridized carbons (Fsp3) is 0.143. The van der Waals surface area contributed by atoms with Gasteiger partial charge in [0.15, 0.2) is 0 Å². The Morgan fingerprint density at radius 3 is 2.25 bits per heavy atom. The van der Waals surface area contributed by atoms with E-state index in [1.54, 1.807) is 24.3 Å². The van der Waals surface area contributed by atoms with Crippen LogP contribution in [0.4, 0.5) is 15.8 Å². The van der Waals surface area contributed by atoms with E-state index in [4.69, 9.17) is 5.73 Å². The Bertz CT molecular complexity index is 707. The molecule has 0 aromatic heterocycles. The fourth-order valence-electron chi connectivity index (χ4n) is 1.78. The van der Waals surface area contributed by atoms with Crippen molar-refractivity contribution in [3.05, 3.63) is 53.8 Å². The van der Waals surface area contributed by atoms with Gasteiger partial charge >= 0.3 is 0 Å². The summed E-state index contributed by atoms with van der Waals surface area (Å²) in [6.07, 6.45) is 0. The number of rotatable bonds is 3. The molecule has 0 amide bonds. The van der Waals surface area contributed by atoms with Gasteiger partial charge in [0, 0.05) is 12.7 Å². The molecule has 2 rings (SSSR count). The second kappa shape index (κ2) is 5.13. The molecule has 0 atom stereocenters. The summed E-state index contributed by atoms with van der Waals surface area (Å²) in [7, 11) is -2.42. The van der Waals surface area contributed by atoms with Crippen LogP contribution in [0.2, 0.25) is 0 Å². The van der Waals surface area contributed by atoms with Crippen LogP contribution in [-0.2, 0) is 10.0 Å². The van der Waals surface area contributed by atoms with Crippen LogP contribution < -0.4 is 10.0 Å². The third kappa shape index (κ3) is 2.75. The molecule has 0 radical (unpaired) electrons. The van der Waals surface area contributed by atoms with E-state index in [9.17, 15) is 12.8 Å². The molecule has 106 valence electrons. The van der Waals surface area contributed by atoms with Crippen molar-refractivity contribution in [1.82, 2.24) is 0 Å². The standard InChI is InChI=1S/C14H15FN2O2S/c1-10-3-5-13(6-4-10)17(2)20(18,19)14-8-11(15)7-12(16)9-14/h3-9H,16H2,1-2H3. The van der Waals surface area contributed by atoms with Crippen molar-refractivity contribution in [1.29, 1.82) is 0 Å². The van der Waals surface area contributed by atoms with Crippen LogP contribution in [0.15, 0.2) is 47.4 Å². The second-order valence-corrected chi connectivity index (χ2v) is 6.50. The third-order valence-corrected chi connectivity index (χ3v) is 4.71. The number of hydrogen-bond acceptors (Lipinski definition) is 3. The van der Waals surface area contributed by atoms with E-state index in [0.717, 1.165) is 22.0 Å². The molecule has 0 aliphatic heterocycles. The van der Waals surface area contributed by atoms with Gasteiger partial charge in [-0.15, -0.1) is 0 Å². The Hall–Kier alpha value is -2.08. The van der Waals surface area contributed by atoms with Crippen molar-refractivity contribution in [3.63, 3.8) is 0 Å². The molecule has 0 bridgehead atoms. The van der Waals surface area contributed by atoms with Gasteiger partial charge in [-0.25, -0.2) is 12.8 Å². The first kappa shape index (κ1) is 14.3. The van der Waals surface area contributed by atoms with Crippen LogP contribution in [0.5, 0.6) is 0 Å². The average Bonchev–Trinajstić information content (AvgIpc) is 2.37. The van der Waals surface area contributed by atoms with Gasteiger partial charge < -0.3 is 5.73 Å². The summed E-state index contributed by atoms with van der Waals surface area (Å²) >= 11 is 0. The highest BCUT2D eigenvalue weighted by Gasteiger charge is 2.22. The van der Waals surface area contributed by atoms with E-state index >= 15 is 0 Å². The van der Waals surface area contributed by atoms with Gasteiger partial charge in [0.2, 0.25) is 0 Å². The smallest absolute Gasteiger partial charge is 0.264 e. The van der Waals surface area contributed by atoms with Crippen LogP contribution in [0.3, 0.4) is 0 Å². The molecule has 0 spiro atoms. The maximum atomic E-state index is 13.3. The molecule has 2 N–H and O–H groups in total. The molecular formula is C14H15FN2O2S. The van der Waals surface area contributed by atoms with Crippen LogP contribution in [0.1, 0.15) is 5.56 Å². The van der Waals surface area contributed by atoms with E-state index in [2.05, 4.69) is 0 Å². The highest BCUT2D eigenvalue weighted by atomic mass is 32.2. The molecule has 2 aromatic carbocycles. The number of nitrogen functional groups attached to an aromatic ring is 1. The number of benzene rings is 2. The molecule has 0 unspecified atom stereocenters. The molecule has 4 nitrogen and oxygen atoms in total.